The minimum Gasteiger partial charge on any atom is -0.480 e. The van der Waals surface area contributed by atoms with Gasteiger partial charge in [-0.1, -0.05) is 49.4 Å². The van der Waals surface area contributed by atoms with Gasteiger partial charge in [-0.25, -0.2) is 0 Å². The molecule has 1 heterocycles. The van der Waals surface area contributed by atoms with Crippen molar-refractivity contribution in [2.75, 3.05) is 6.54 Å². The molecule has 0 aliphatic carbocycles. The molecular weight excluding hydrogens is 310 g/mol. The molecule has 1 aliphatic rings. The van der Waals surface area contributed by atoms with Crippen molar-refractivity contribution in [1.29, 1.82) is 0 Å². The Labute approximate surface area is 150 Å². The van der Waals surface area contributed by atoms with Crippen LogP contribution in [0.2, 0.25) is 0 Å². The number of rotatable bonds is 5. The standard InChI is InChI=1S/C22H27NO2/c1-4-17-10-15(2)20(16(3)11-17)14-23-13-19(12-21(23)22(24)25)18-8-6-5-7-9-18/h5-11,19,21H,4,12-14H2,1-3H3,(H,24,25)/t19-,21-/m0/s1. The van der Waals surface area contributed by atoms with E-state index < -0.39 is 12.0 Å². The molecule has 0 spiro atoms. The van der Waals surface area contributed by atoms with E-state index in [0.29, 0.717) is 13.0 Å². The van der Waals surface area contributed by atoms with Crippen LogP contribution in [0.25, 0.3) is 0 Å². The second-order valence-electron chi connectivity index (χ2n) is 7.19. The molecule has 3 heteroatoms. The summed E-state index contributed by atoms with van der Waals surface area (Å²) in [5.74, 6) is -0.420. The zero-order valence-corrected chi connectivity index (χ0v) is 15.3. The maximum absolute atomic E-state index is 11.8. The quantitative estimate of drug-likeness (QED) is 0.884. The van der Waals surface area contributed by atoms with Gasteiger partial charge in [0, 0.05) is 13.1 Å². The topological polar surface area (TPSA) is 40.5 Å². The van der Waals surface area contributed by atoms with Crippen molar-refractivity contribution in [3.8, 4) is 0 Å². The van der Waals surface area contributed by atoms with Crippen molar-refractivity contribution in [3.63, 3.8) is 0 Å². The van der Waals surface area contributed by atoms with Gasteiger partial charge in [0.15, 0.2) is 0 Å². The van der Waals surface area contributed by atoms with Gasteiger partial charge in [-0.3, -0.25) is 9.69 Å². The fourth-order valence-electron chi connectivity index (χ4n) is 4.04. The lowest BCUT2D eigenvalue weighted by Crippen LogP contribution is -2.35. The van der Waals surface area contributed by atoms with E-state index in [1.807, 2.05) is 18.2 Å². The van der Waals surface area contributed by atoms with Gasteiger partial charge in [0.25, 0.3) is 0 Å². The van der Waals surface area contributed by atoms with Crippen LogP contribution < -0.4 is 0 Å². The van der Waals surface area contributed by atoms with Gasteiger partial charge < -0.3 is 5.11 Å². The summed E-state index contributed by atoms with van der Waals surface area (Å²) in [6, 6.07) is 14.4. The fourth-order valence-corrected chi connectivity index (χ4v) is 4.04. The van der Waals surface area contributed by atoms with E-state index in [9.17, 15) is 9.90 Å². The third-order valence-corrected chi connectivity index (χ3v) is 5.48. The molecule has 0 bridgehead atoms. The van der Waals surface area contributed by atoms with Crippen molar-refractivity contribution < 1.29 is 9.90 Å². The first-order chi connectivity index (χ1) is 12.0. The molecule has 0 amide bonds. The molecule has 2 aromatic rings. The Morgan fingerprint density at radius 2 is 1.80 bits per heavy atom. The maximum atomic E-state index is 11.8. The van der Waals surface area contributed by atoms with Crippen molar-refractivity contribution in [2.24, 2.45) is 0 Å². The summed E-state index contributed by atoms with van der Waals surface area (Å²) in [5, 5.41) is 9.71. The summed E-state index contributed by atoms with van der Waals surface area (Å²) in [6.07, 6.45) is 1.71. The molecule has 3 rings (SSSR count). The lowest BCUT2D eigenvalue weighted by molar-refractivity contribution is -0.142. The predicted octanol–water partition coefficient (Wildman–Crippen LogP) is 4.31. The molecule has 0 radical (unpaired) electrons. The molecule has 1 saturated heterocycles. The summed E-state index contributed by atoms with van der Waals surface area (Å²) in [6.45, 7) is 7.96. The van der Waals surface area contributed by atoms with Crippen LogP contribution in [0.15, 0.2) is 42.5 Å². The number of carbonyl (C=O) groups is 1. The molecule has 132 valence electrons. The average molecular weight is 337 g/mol. The highest BCUT2D eigenvalue weighted by Crippen LogP contribution is 2.33. The third kappa shape index (κ3) is 3.77. The zero-order chi connectivity index (χ0) is 18.0. The average Bonchev–Trinajstić information content (AvgIpc) is 3.03. The van der Waals surface area contributed by atoms with E-state index in [4.69, 9.17) is 0 Å². The number of hydrogen-bond acceptors (Lipinski definition) is 2. The van der Waals surface area contributed by atoms with Crippen LogP contribution in [0.4, 0.5) is 0 Å². The number of aliphatic carboxylic acids is 1. The molecule has 3 nitrogen and oxygen atoms in total. The van der Waals surface area contributed by atoms with Crippen molar-refractivity contribution in [3.05, 3.63) is 70.3 Å². The smallest absolute Gasteiger partial charge is 0.320 e. The summed E-state index contributed by atoms with van der Waals surface area (Å²) >= 11 is 0. The van der Waals surface area contributed by atoms with Gasteiger partial charge in [-0.15, -0.1) is 0 Å². The van der Waals surface area contributed by atoms with Crippen LogP contribution in [0.1, 0.15) is 47.1 Å². The molecule has 1 aliphatic heterocycles. The number of carboxylic acids is 1. The fraction of sp³-hybridized carbons (Fsp3) is 0.409. The van der Waals surface area contributed by atoms with E-state index in [0.717, 1.165) is 13.0 Å². The van der Waals surface area contributed by atoms with E-state index in [-0.39, 0.29) is 5.92 Å². The molecule has 1 fully saturated rings. The molecule has 2 atom stereocenters. The summed E-state index contributed by atoms with van der Waals surface area (Å²) in [5.41, 5.74) is 6.40. The Bertz CT molecular complexity index is 731. The lowest BCUT2D eigenvalue weighted by atomic mass is 9.96. The van der Waals surface area contributed by atoms with Crippen LogP contribution in [0.3, 0.4) is 0 Å². The Morgan fingerprint density at radius 3 is 2.36 bits per heavy atom. The Kier molecular flexibility index (Phi) is 5.24. The molecular formula is C22H27NO2. The highest BCUT2D eigenvalue weighted by molar-refractivity contribution is 5.74. The zero-order valence-electron chi connectivity index (χ0n) is 15.3. The number of benzene rings is 2. The molecule has 0 unspecified atom stereocenters. The molecule has 0 aromatic heterocycles. The molecule has 0 saturated carbocycles. The van der Waals surface area contributed by atoms with Gasteiger partial charge >= 0.3 is 5.97 Å². The normalized spacial score (nSPS) is 20.8. The lowest BCUT2D eigenvalue weighted by Gasteiger charge is -2.24. The minimum atomic E-state index is -0.709. The van der Waals surface area contributed by atoms with E-state index in [2.05, 4.69) is 49.9 Å². The Hall–Kier alpha value is -2.13. The first kappa shape index (κ1) is 17.7. The number of carboxylic acid groups (broad SMARTS) is 1. The predicted molar refractivity (Wildman–Crippen MR) is 101 cm³/mol. The number of hydrogen-bond donors (Lipinski definition) is 1. The van der Waals surface area contributed by atoms with Gasteiger partial charge in [0.05, 0.1) is 0 Å². The van der Waals surface area contributed by atoms with E-state index in [1.54, 1.807) is 0 Å². The molecule has 2 aromatic carbocycles. The third-order valence-electron chi connectivity index (χ3n) is 5.48. The number of likely N-dealkylation sites (tertiary alicyclic amines) is 1. The van der Waals surface area contributed by atoms with Crippen LogP contribution in [-0.2, 0) is 17.8 Å². The van der Waals surface area contributed by atoms with Crippen LogP contribution in [0.5, 0.6) is 0 Å². The van der Waals surface area contributed by atoms with Gasteiger partial charge in [0.1, 0.15) is 6.04 Å². The van der Waals surface area contributed by atoms with Crippen LogP contribution in [0, 0.1) is 13.8 Å². The van der Waals surface area contributed by atoms with Crippen molar-refractivity contribution >= 4 is 5.97 Å². The Balaban J connectivity index is 1.84. The number of aryl methyl sites for hydroxylation is 3. The first-order valence-corrected chi connectivity index (χ1v) is 9.10. The largest absolute Gasteiger partial charge is 0.480 e. The van der Waals surface area contributed by atoms with Gasteiger partial charge in [0.2, 0.25) is 0 Å². The second kappa shape index (κ2) is 7.40. The summed E-state index contributed by atoms with van der Waals surface area (Å²) in [7, 11) is 0. The van der Waals surface area contributed by atoms with Gasteiger partial charge in [-0.2, -0.15) is 0 Å². The van der Waals surface area contributed by atoms with Gasteiger partial charge in [-0.05, 0) is 60.4 Å². The van der Waals surface area contributed by atoms with E-state index in [1.165, 1.54) is 27.8 Å². The Morgan fingerprint density at radius 1 is 1.16 bits per heavy atom. The van der Waals surface area contributed by atoms with Crippen LogP contribution in [-0.4, -0.2) is 28.6 Å². The monoisotopic (exact) mass is 337 g/mol. The highest BCUT2D eigenvalue weighted by atomic mass is 16.4. The van der Waals surface area contributed by atoms with E-state index >= 15 is 0 Å². The van der Waals surface area contributed by atoms with Crippen LogP contribution >= 0.6 is 0 Å². The van der Waals surface area contributed by atoms with Crippen molar-refractivity contribution in [2.45, 2.75) is 52.1 Å². The minimum absolute atomic E-state index is 0.290. The number of nitrogens with zero attached hydrogens (tertiary/aromatic N) is 1. The summed E-state index contributed by atoms with van der Waals surface area (Å²) < 4.78 is 0. The first-order valence-electron chi connectivity index (χ1n) is 9.10. The highest BCUT2D eigenvalue weighted by Gasteiger charge is 2.37. The maximum Gasteiger partial charge on any atom is 0.320 e. The SMILES string of the molecule is CCc1cc(C)c(CN2C[C@@H](c3ccccc3)C[C@H]2C(=O)O)c(C)c1. The second-order valence-corrected chi connectivity index (χ2v) is 7.19. The summed E-state index contributed by atoms with van der Waals surface area (Å²) in [4.78, 5) is 13.9. The molecule has 25 heavy (non-hydrogen) atoms. The molecule has 1 N–H and O–H groups in total. The van der Waals surface area contributed by atoms with Crippen molar-refractivity contribution in [1.82, 2.24) is 4.90 Å².